The maximum absolute atomic E-state index is 3.64. The zero-order valence-corrected chi connectivity index (χ0v) is 12.6. The van der Waals surface area contributed by atoms with Crippen molar-refractivity contribution >= 4 is 24.8 Å². The lowest BCUT2D eigenvalue weighted by molar-refractivity contribution is 0.180. The number of rotatable bonds is 3. The van der Waals surface area contributed by atoms with Crippen LogP contribution in [-0.4, -0.2) is 37.1 Å². The molecule has 0 saturated carbocycles. The highest BCUT2D eigenvalue weighted by atomic mass is 35.5. The summed E-state index contributed by atoms with van der Waals surface area (Å²) >= 11 is 0. The smallest absolute Gasteiger partial charge is 0.00792 e. The second-order valence-electron chi connectivity index (χ2n) is 5.46. The maximum atomic E-state index is 3.64. The fourth-order valence-electron chi connectivity index (χ4n) is 2.79. The third-order valence-electron chi connectivity index (χ3n) is 4.08. The average Bonchev–Trinajstić information content (AvgIpc) is 2.30. The Hall–Kier alpha value is 0.500. The predicted octanol–water partition coefficient (Wildman–Crippen LogP) is 3.09. The SMILES string of the molecule is CC1CCN(CCC2CCCCN2)CC1.Cl.Cl. The van der Waals surface area contributed by atoms with Crippen molar-refractivity contribution in [2.24, 2.45) is 5.92 Å². The second-order valence-corrected chi connectivity index (χ2v) is 5.46. The number of likely N-dealkylation sites (tertiary alicyclic amines) is 1. The van der Waals surface area contributed by atoms with E-state index in [1.807, 2.05) is 0 Å². The molecule has 17 heavy (non-hydrogen) atoms. The van der Waals surface area contributed by atoms with E-state index in [0.717, 1.165) is 12.0 Å². The molecule has 0 aromatic carbocycles. The lowest BCUT2D eigenvalue weighted by Gasteiger charge is -2.32. The van der Waals surface area contributed by atoms with E-state index in [1.165, 1.54) is 64.7 Å². The van der Waals surface area contributed by atoms with Gasteiger partial charge in [-0.15, -0.1) is 24.8 Å². The van der Waals surface area contributed by atoms with E-state index in [9.17, 15) is 0 Å². The molecule has 1 N–H and O–H groups in total. The first-order valence-electron chi connectivity index (χ1n) is 6.80. The van der Waals surface area contributed by atoms with Crippen LogP contribution >= 0.6 is 24.8 Å². The van der Waals surface area contributed by atoms with Crippen molar-refractivity contribution in [3.63, 3.8) is 0 Å². The van der Waals surface area contributed by atoms with E-state index in [4.69, 9.17) is 0 Å². The van der Waals surface area contributed by atoms with Crippen LogP contribution in [0.1, 0.15) is 45.4 Å². The van der Waals surface area contributed by atoms with Crippen molar-refractivity contribution in [2.45, 2.75) is 51.5 Å². The summed E-state index contributed by atoms with van der Waals surface area (Å²) in [5.41, 5.74) is 0. The van der Waals surface area contributed by atoms with Gasteiger partial charge in [-0.05, 0) is 64.2 Å². The number of piperidine rings is 2. The van der Waals surface area contributed by atoms with Crippen LogP contribution < -0.4 is 5.32 Å². The van der Waals surface area contributed by atoms with Gasteiger partial charge in [-0.25, -0.2) is 0 Å². The Balaban J connectivity index is 0.00000128. The summed E-state index contributed by atoms with van der Waals surface area (Å²) < 4.78 is 0. The van der Waals surface area contributed by atoms with Crippen molar-refractivity contribution in [1.82, 2.24) is 10.2 Å². The van der Waals surface area contributed by atoms with Crippen molar-refractivity contribution in [1.29, 1.82) is 0 Å². The number of nitrogens with one attached hydrogen (secondary N) is 1. The van der Waals surface area contributed by atoms with Crippen LogP contribution in [0, 0.1) is 5.92 Å². The standard InChI is InChI=1S/C13H26N2.2ClH/c1-12-5-9-15(10-6-12)11-7-13-4-2-3-8-14-13;;/h12-14H,2-11H2,1H3;2*1H. The Labute approximate surface area is 119 Å². The lowest BCUT2D eigenvalue weighted by atomic mass is 9.98. The molecule has 2 saturated heterocycles. The molecule has 2 nitrogen and oxygen atoms in total. The molecular formula is C13H28Cl2N2. The van der Waals surface area contributed by atoms with Gasteiger partial charge in [-0.2, -0.15) is 0 Å². The Kier molecular flexibility index (Phi) is 9.71. The van der Waals surface area contributed by atoms with Gasteiger partial charge in [0.1, 0.15) is 0 Å². The largest absolute Gasteiger partial charge is 0.314 e. The summed E-state index contributed by atoms with van der Waals surface area (Å²) in [4.78, 5) is 2.66. The summed E-state index contributed by atoms with van der Waals surface area (Å²) in [6.45, 7) is 7.65. The molecule has 0 aromatic rings. The second kappa shape index (κ2) is 9.43. The molecule has 1 unspecified atom stereocenters. The predicted molar refractivity (Wildman–Crippen MR) is 79.6 cm³/mol. The number of hydrogen-bond donors (Lipinski definition) is 1. The summed E-state index contributed by atoms with van der Waals surface area (Å²) in [6, 6.07) is 0.818. The molecule has 0 bridgehead atoms. The molecular weight excluding hydrogens is 255 g/mol. The normalized spacial score (nSPS) is 27.0. The molecule has 0 aromatic heterocycles. The summed E-state index contributed by atoms with van der Waals surface area (Å²) in [5, 5.41) is 3.64. The summed E-state index contributed by atoms with van der Waals surface area (Å²) in [6.07, 6.45) is 8.43. The van der Waals surface area contributed by atoms with E-state index in [0.29, 0.717) is 0 Å². The van der Waals surface area contributed by atoms with Gasteiger partial charge in [-0.1, -0.05) is 13.3 Å². The van der Waals surface area contributed by atoms with Crippen LogP contribution in [-0.2, 0) is 0 Å². The van der Waals surface area contributed by atoms with Crippen LogP contribution in [0.2, 0.25) is 0 Å². The Morgan fingerprint density at radius 3 is 2.35 bits per heavy atom. The zero-order chi connectivity index (χ0) is 10.5. The van der Waals surface area contributed by atoms with Crippen LogP contribution in [0.3, 0.4) is 0 Å². The third-order valence-corrected chi connectivity index (χ3v) is 4.08. The molecule has 2 aliphatic heterocycles. The Morgan fingerprint density at radius 1 is 1.06 bits per heavy atom. The highest BCUT2D eigenvalue weighted by Gasteiger charge is 2.17. The van der Waals surface area contributed by atoms with Gasteiger partial charge in [0.2, 0.25) is 0 Å². The Bertz CT molecular complexity index is 176. The van der Waals surface area contributed by atoms with Crippen molar-refractivity contribution < 1.29 is 0 Å². The van der Waals surface area contributed by atoms with E-state index >= 15 is 0 Å². The molecule has 0 aliphatic carbocycles. The van der Waals surface area contributed by atoms with E-state index < -0.39 is 0 Å². The van der Waals surface area contributed by atoms with E-state index in [-0.39, 0.29) is 24.8 Å². The van der Waals surface area contributed by atoms with Crippen molar-refractivity contribution in [3.8, 4) is 0 Å². The van der Waals surface area contributed by atoms with Crippen LogP contribution in [0.5, 0.6) is 0 Å². The molecule has 1 atom stereocenters. The van der Waals surface area contributed by atoms with Gasteiger partial charge in [-0.3, -0.25) is 0 Å². The number of halogens is 2. The molecule has 2 rings (SSSR count). The Morgan fingerprint density at radius 2 is 1.76 bits per heavy atom. The fourth-order valence-corrected chi connectivity index (χ4v) is 2.79. The molecule has 0 amide bonds. The fraction of sp³-hybridized carbons (Fsp3) is 1.00. The lowest BCUT2D eigenvalue weighted by Crippen LogP contribution is -2.39. The van der Waals surface area contributed by atoms with Crippen LogP contribution in [0.4, 0.5) is 0 Å². The monoisotopic (exact) mass is 282 g/mol. The molecule has 2 aliphatic rings. The van der Waals surface area contributed by atoms with Crippen molar-refractivity contribution in [3.05, 3.63) is 0 Å². The third kappa shape index (κ3) is 6.28. The minimum absolute atomic E-state index is 0. The summed E-state index contributed by atoms with van der Waals surface area (Å²) in [5.74, 6) is 0.967. The van der Waals surface area contributed by atoms with E-state index in [1.54, 1.807) is 0 Å². The highest BCUT2D eigenvalue weighted by molar-refractivity contribution is 5.85. The van der Waals surface area contributed by atoms with Gasteiger partial charge in [0.25, 0.3) is 0 Å². The minimum Gasteiger partial charge on any atom is -0.314 e. The molecule has 2 fully saturated rings. The van der Waals surface area contributed by atoms with Gasteiger partial charge in [0.15, 0.2) is 0 Å². The van der Waals surface area contributed by atoms with Gasteiger partial charge in [0.05, 0.1) is 0 Å². The molecule has 104 valence electrons. The topological polar surface area (TPSA) is 15.3 Å². The highest BCUT2D eigenvalue weighted by Crippen LogP contribution is 2.17. The number of nitrogens with zero attached hydrogens (tertiary/aromatic N) is 1. The molecule has 2 heterocycles. The first-order valence-corrected chi connectivity index (χ1v) is 6.80. The number of hydrogen-bond acceptors (Lipinski definition) is 2. The van der Waals surface area contributed by atoms with Gasteiger partial charge >= 0.3 is 0 Å². The average molecular weight is 283 g/mol. The van der Waals surface area contributed by atoms with Gasteiger partial charge < -0.3 is 10.2 Å². The van der Waals surface area contributed by atoms with Crippen molar-refractivity contribution in [2.75, 3.05) is 26.2 Å². The van der Waals surface area contributed by atoms with Gasteiger partial charge in [0, 0.05) is 6.04 Å². The quantitative estimate of drug-likeness (QED) is 0.856. The molecule has 4 heteroatoms. The zero-order valence-electron chi connectivity index (χ0n) is 11.0. The van der Waals surface area contributed by atoms with E-state index in [2.05, 4.69) is 17.1 Å². The minimum atomic E-state index is 0. The maximum Gasteiger partial charge on any atom is 0.00792 e. The van der Waals surface area contributed by atoms with Crippen LogP contribution in [0.25, 0.3) is 0 Å². The molecule has 0 radical (unpaired) electrons. The van der Waals surface area contributed by atoms with Crippen LogP contribution in [0.15, 0.2) is 0 Å². The first-order chi connectivity index (χ1) is 7.34. The summed E-state index contributed by atoms with van der Waals surface area (Å²) in [7, 11) is 0. The first kappa shape index (κ1) is 17.5. The molecule has 0 spiro atoms.